The summed E-state index contributed by atoms with van der Waals surface area (Å²) < 4.78 is 0. The molecule has 1 atom stereocenters. The van der Waals surface area contributed by atoms with Gasteiger partial charge in [-0.3, -0.25) is 0 Å². The summed E-state index contributed by atoms with van der Waals surface area (Å²) >= 11 is 0. The second kappa shape index (κ2) is 12.4. The zero-order chi connectivity index (χ0) is 14.0. The minimum atomic E-state index is 0. The van der Waals surface area contributed by atoms with Crippen molar-refractivity contribution < 1.29 is 0 Å². The fourth-order valence-electron chi connectivity index (χ4n) is 3.28. The normalized spacial score (nSPS) is 13.4. The number of hydrogen-bond acceptors (Lipinski definition) is 1. The molecule has 0 amide bonds. The van der Waals surface area contributed by atoms with Gasteiger partial charge in [-0.25, -0.2) is 0 Å². The van der Waals surface area contributed by atoms with Gasteiger partial charge in [-0.2, -0.15) is 0 Å². The van der Waals surface area contributed by atoms with Gasteiger partial charge in [0.05, 0.1) is 0 Å². The highest BCUT2D eigenvalue weighted by molar-refractivity contribution is 14.0. The molecule has 0 aromatic rings. The predicted octanol–water partition coefficient (Wildman–Crippen LogP) is 6.02. The molecule has 0 aromatic heterocycles. The minimum absolute atomic E-state index is 0. The number of nitrogens with one attached hydrogen (secondary N) is 1. The molecule has 0 fully saturated rings. The predicted molar refractivity (Wildman–Crippen MR) is 99.5 cm³/mol. The molecule has 1 N–H and O–H groups in total. The molecule has 0 rings (SSSR count). The first-order valence-electron chi connectivity index (χ1n) is 8.18. The molecule has 0 aromatic carbocycles. The molecule has 1 unspecified atom stereocenters. The van der Waals surface area contributed by atoms with Gasteiger partial charge < -0.3 is 5.32 Å². The van der Waals surface area contributed by atoms with Gasteiger partial charge in [0.1, 0.15) is 0 Å². The third-order valence-corrected chi connectivity index (χ3v) is 4.21. The van der Waals surface area contributed by atoms with Gasteiger partial charge in [-0.05, 0) is 38.1 Å². The van der Waals surface area contributed by atoms with Gasteiger partial charge in [0.2, 0.25) is 0 Å². The second-order valence-electron chi connectivity index (χ2n) is 6.66. The number of hydrogen-bond donors (Lipinski definition) is 1. The van der Waals surface area contributed by atoms with Crippen LogP contribution in [0.5, 0.6) is 0 Å². The van der Waals surface area contributed by atoms with Crippen LogP contribution in [-0.4, -0.2) is 12.6 Å². The van der Waals surface area contributed by atoms with Crippen molar-refractivity contribution in [1.29, 1.82) is 0 Å². The summed E-state index contributed by atoms with van der Waals surface area (Å²) in [5, 5.41) is 3.65. The first-order valence-corrected chi connectivity index (χ1v) is 8.18. The Labute approximate surface area is 139 Å². The maximum absolute atomic E-state index is 3.65. The Morgan fingerprint density at radius 3 is 1.84 bits per heavy atom. The Morgan fingerprint density at radius 1 is 0.947 bits per heavy atom. The van der Waals surface area contributed by atoms with Crippen molar-refractivity contribution in [3.63, 3.8) is 0 Å². The standard InChI is InChI=1S/C17H37N.HI/c1-7-12-17(18-6,13-8-2)14-16(5)11-9-10-15(3)4;/h15-16,18H,7-14H2,1-6H3;1H. The molecule has 0 heterocycles. The van der Waals surface area contributed by atoms with Gasteiger partial charge in [0.15, 0.2) is 0 Å². The van der Waals surface area contributed by atoms with Gasteiger partial charge in [0.25, 0.3) is 0 Å². The van der Waals surface area contributed by atoms with E-state index < -0.39 is 0 Å². The molecule has 0 saturated carbocycles. The van der Waals surface area contributed by atoms with Gasteiger partial charge in [-0.15, -0.1) is 24.0 Å². The zero-order valence-electron chi connectivity index (χ0n) is 14.2. The van der Waals surface area contributed by atoms with E-state index >= 15 is 0 Å². The van der Waals surface area contributed by atoms with Gasteiger partial charge >= 0.3 is 0 Å². The van der Waals surface area contributed by atoms with Crippen molar-refractivity contribution in [2.75, 3.05) is 7.05 Å². The number of rotatable bonds is 11. The highest BCUT2D eigenvalue weighted by Gasteiger charge is 2.27. The van der Waals surface area contributed by atoms with Crippen molar-refractivity contribution in [2.24, 2.45) is 11.8 Å². The van der Waals surface area contributed by atoms with E-state index in [4.69, 9.17) is 0 Å². The lowest BCUT2D eigenvalue weighted by molar-refractivity contribution is 0.228. The molecule has 2 heteroatoms. The van der Waals surface area contributed by atoms with Crippen molar-refractivity contribution >= 4 is 24.0 Å². The summed E-state index contributed by atoms with van der Waals surface area (Å²) in [6, 6.07) is 0. The summed E-state index contributed by atoms with van der Waals surface area (Å²) in [5.41, 5.74) is 0.404. The van der Waals surface area contributed by atoms with Crippen LogP contribution in [0.1, 0.15) is 86.0 Å². The highest BCUT2D eigenvalue weighted by atomic mass is 127. The Hall–Kier alpha value is 0.690. The topological polar surface area (TPSA) is 12.0 Å². The van der Waals surface area contributed by atoms with E-state index in [1.807, 2.05) is 0 Å². The van der Waals surface area contributed by atoms with E-state index in [9.17, 15) is 0 Å². The monoisotopic (exact) mass is 383 g/mol. The first kappa shape index (κ1) is 22.0. The SMILES string of the molecule is CCCC(CCC)(CC(C)CCCC(C)C)NC.I. The fraction of sp³-hybridized carbons (Fsp3) is 1.00. The average Bonchev–Trinajstić information content (AvgIpc) is 2.29. The summed E-state index contributed by atoms with van der Waals surface area (Å²) in [6.45, 7) is 11.7. The Morgan fingerprint density at radius 2 is 1.47 bits per heavy atom. The molecule has 0 aliphatic rings. The maximum Gasteiger partial charge on any atom is 0.0180 e. The molecule has 0 radical (unpaired) electrons. The summed E-state index contributed by atoms with van der Waals surface area (Å²) in [4.78, 5) is 0. The first-order chi connectivity index (χ1) is 8.49. The summed E-state index contributed by atoms with van der Waals surface area (Å²) in [5.74, 6) is 1.71. The molecule has 118 valence electrons. The van der Waals surface area contributed by atoms with Crippen LogP contribution in [0, 0.1) is 11.8 Å². The van der Waals surface area contributed by atoms with Crippen LogP contribution in [0.3, 0.4) is 0 Å². The maximum atomic E-state index is 3.65. The molecular weight excluding hydrogens is 345 g/mol. The van der Waals surface area contributed by atoms with Crippen LogP contribution in [0.25, 0.3) is 0 Å². The molecule has 0 saturated heterocycles. The molecule has 19 heavy (non-hydrogen) atoms. The van der Waals surface area contributed by atoms with E-state index in [1.54, 1.807) is 0 Å². The van der Waals surface area contributed by atoms with Crippen LogP contribution >= 0.6 is 24.0 Å². The minimum Gasteiger partial charge on any atom is -0.314 e. The Bertz CT molecular complexity index is 186. The van der Waals surface area contributed by atoms with E-state index in [1.165, 1.54) is 51.4 Å². The lowest BCUT2D eigenvalue weighted by atomic mass is 9.79. The van der Waals surface area contributed by atoms with Gasteiger partial charge in [0, 0.05) is 5.54 Å². The Kier molecular flexibility index (Phi) is 14.4. The van der Waals surface area contributed by atoms with Crippen molar-refractivity contribution in [3.8, 4) is 0 Å². The van der Waals surface area contributed by atoms with E-state index in [0.717, 1.165) is 11.8 Å². The van der Waals surface area contributed by atoms with E-state index in [-0.39, 0.29) is 24.0 Å². The van der Waals surface area contributed by atoms with Crippen LogP contribution < -0.4 is 5.32 Å². The quantitative estimate of drug-likeness (QED) is 0.431. The van der Waals surface area contributed by atoms with Crippen molar-refractivity contribution in [3.05, 3.63) is 0 Å². The van der Waals surface area contributed by atoms with Crippen LogP contribution in [0.2, 0.25) is 0 Å². The van der Waals surface area contributed by atoms with Crippen molar-refractivity contribution in [1.82, 2.24) is 5.32 Å². The summed E-state index contributed by atoms with van der Waals surface area (Å²) in [7, 11) is 2.16. The van der Waals surface area contributed by atoms with E-state index in [0.29, 0.717) is 5.54 Å². The summed E-state index contributed by atoms with van der Waals surface area (Å²) in [6.07, 6.45) is 10.8. The third-order valence-electron chi connectivity index (χ3n) is 4.21. The molecule has 0 aliphatic carbocycles. The third kappa shape index (κ3) is 10.1. The smallest absolute Gasteiger partial charge is 0.0180 e. The largest absolute Gasteiger partial charge is 0.314 e. The van der Waals surface area contributed by atoms with Crippen LogP contribution in [-0.2, 0) is 0 Å². The van der Waals surface area contributed by atoms with Crippen LogP contribution in [0.15, 0.2) is 0 Å². The zero-order valence-corrected chi connectivity index (χ0v) is 16.6. The van der Waals surface area contributed by atoms with E-state index in [2.05, 4.69) is 47.0 Å². The highest BCUT2D eigenvalue weighted by Crippen LogP contribution is 2.29. The van der Waals surface area contributed by atoms with Crippen molar-refractivity contribution in [2.45, 2.75) is 91.5 Å². The molecule has 0 aliphatic heterocycles. The molecule has 1 nitrogen and oxygen atoms in total. The van der Waals surface area contributed by atoms with Crippen LogP contribution in [0.4, 0.5) is 0 Å². The second-order valence-corrected chi connectivity index (χ2v) is 6.66. The molecule has 0 spiro atoms. The molecular formula is C17H38IN. The number of halogens is 1. The lowest BCUT2D eigenvalue weighted by Crippen LogP contribution is -2.44. The average molecular weight is 383 g/mol. The molecule has 0 bridgehead atoms. The fourth-order valence-corrected chi connectivity index (χ4v) is 3.28. The Balaban J connectivity index is 0. The van der Waals surface area contributed by atoms with Gasteiger partial charge in [-0.1, -0.05) is 66.7 Å². The lowest BCUT2D eigenvalue weighted by Gasteiger charge is -2.36.